The van der Waals surface area contributed by atoms with Crippen LogP contribution in [0.1, 0.15) is 29.8 Å². The number of rotatable bonds is 6. The van der Waals surface area contributed by atoms with Gasteiger partial charge in [0.05, 0.1) is 17.4 Å². The van der Waals surface area contributed by atoms with Gasteiger partial charge in [-0.2, -0.15) is 0 Å². The highest BCUT2D eigenvalue weighted by Crippen LogP contribution is 2.16. The van der Waals surface area contributed by atoms with Gasteiger partial charge in [-0.05, 0) is 38.5 Å². The zero-order valence-corrected chi connectivity index (χ0v) is 11.1. The van der Waals surface area contributed by atoms with Gasteiger partial charge in [-0.1, -0.05) is 6.07 Å². The van der Waals surface area contributed by atoms with Crippen molar-refractivity contribution < 1.29 is 9.53 Å². The predicted octanol–water partition coefficient (Wildman–Crippen LogP) is 1.44. The standard InChI is InChI=1S/C13H21N3O2/c1-4-18-10(3)8-15-13(17)11-6-5-9(2)7-12(11)16-14/h5-7,10,16H,4,8,14H2,1-3H3,(H,15,17). The molecule has 5 nitrogen and oxygen atoms in total. The minimum absolute atomic E-state index is 0.00122. The molecule has 1 rings (SSSR count). The molecule has 0 aliphatic heterocycles. The molecule has 0 radical (unpaired) electrons. The van der Waals surface area contributed by atoms with Gasteiger partial charge in [-0.15, -0.1) is 0 Å². The Balaban J connectivity index is 2.66. The lowest BCUT2D eigenvalue weighted by Crippen LogP contribution is -2.32. The first kappa shape index (κ1) is 14.5. The van der Waals surface area contributed by atoms with Crippen LogP contribution in [0.25, 0.3) is 0 Å². The molecule has 0 spiro atoms. The number of hydrogen-bond acceptors (Lipinski definition) is 4. The number of anilines is 1. The number of carbonyl (C=O) groups excluding carboxylic acids is 1. The van der Waals surface area contributed by atoms with Crippen LogP contribution >= 0.6 is 0 Å². The van der Waals surface area contributed by atoms with E-state index in [-0.39, 0.29) is 12.0 Å². The third-order valence-corrected chi connectivity index (χ3v) is 2.58. The monoisotopic (exact) mass is 251 g/mol. The van der Waals surface area contributed by atoms with E-state index in [9.17, 15) is 4.79 Å². The summed E-state index contributed by atoms with van der Waals surface area (Å²) in [5.41, 5.74) is 4.74. The molecular formula is C13H21N3O2. The third kappa shape index (κ3) is 4.01. The average molecular weight is 251 g/mol. The highest BCUT2D eigenvalue weighted by molar-refractivity contribution is 5.99. The number of nitrogen functional groups attached to an aromatic ring is 1. The van der Waals surface area contributed by atoms with Gasteiger partial charge in [0.2, 0.25) is 0 Å². The van der Waals surface area contributed by atoms with Crippen LogP contribution in [0, 0.1) is 6.92 Å². The molecule has 1 aromatic carbocycles. The highest BCUT2D eigenvalue weighted by atomic mass is 16.5. The van der Waals surface area contributed by atoms with Crippen LogP contribution in [0.3, 0.4) is 0 Å². The summed E-state index contributed by atoms with van der Waals surface area (Å²) in [4.78, 5) is 12.0. The zero-order chi connectivity index (χ0) is 13.5. The van der Waals surface area contributed by atoms with Crippen molar-refractivity contribution in [2.24, 2.45) is 5.84 Å². The van der Waals surface area contributed by atoms with E-state index in [0.29, 0.717) is 24.4 Å². The van der Waals surface area contributed by atoms with Crippen LogP contribution in [-0.2, 0) is 4.74 Å². The highest BCUT2D eigenvalue weighted by Gasteiger charge is 2.11. The number of aryl methyl sites for hydroxylation is 1. The van der Waals surface area contributed by atoms with E-state index in [0.717, 1.165) is 5.56 Å². The number of hydrogen-bond donors (Lipinski definition) is 3. The Bertz CT molecular complexity index is 407. The molecule has 1 amide bonds. The molecule has 100 valence electrons. The molecule has 18 heavy (non-hydrogen) atoms. The lowest BCUT2D eigenvalue weighted by Gasteiger charge is -2.14. The van der Waals surface area contributed by atoms with Gasteiger partial charge < -0.3 is 15.5 Å². The second kappa shape index (κ2) is 6.98. The smallest absolute Gasteiger partial charge is 0.253 e. The summed E-state index contributed by atoms with van der Waals surface area (Å²) >= 11 is 0. The van der Waals surface area contributed by atoms with Gasteiger partial charge >= 0.3 is 0 Å². The van der Waals surface area contributed by atoms with E-state index in [1.54, 1.807) is 6.07 Å². The first-order valence-corrected chi connectivity index (χ1v) is 6.05. The zero-order valence-electron chi connectivity index (χ0n) is 11.1. The van der Waals surface area contributed by atoms with Crippen LogP contribution in [0.4, 0.5) is 5.69 Å². The summed E-state index contributed by atoms with van der Waals surface area (Å²) < 4.78 is 5.35. The van der Waals surface area contributed by atoms with Crippen molar-refractivity contribution in [2.75, 3.05) is 18.6 Å². The topological polar surface area (TPSA) is 76.4 Å². The maximum Gasteiger partial charge on any atom is 0.253 e. The van der Waals surface area contributed by atoms with Crippen LogP contribution in [0.15, 0.2) is 18.2 Å². The fraction of sp³-hybridized carbons (Fsp3) is 0.462. The van der Waals surface area contributed by atoms with E-state index >= 15 is 0 Å². The quantitative estimate of drug-likeness (QED) is 0.528. The molecule has 4 N–H and O–H groups in total. The minimum Gasteiger partial charge on any atom is -0.377 e. The molecule has 0 saturated heterocycles. The number of hydrazine groups is 1. The molecule has 0 bridgehead atoms. The fourth-order valence-corrected chi connectivity index (χ4v) is 1.65. The van der Waals surface area contributed by atoms with Crippen molar-refractivity contribution in [2.45, 2.75) is 26.9 Å². The Kier molecular flexibility index (Phi) is 5.61. The van der Waals surface area contributed by atoms with E-state index in [4.69, 9.17) is 10.6 Å². The summed E-state index contributed by atoms with van der Waals surface area (Å²) in [6.07, 6.45) is -0.00122. The van der Waals surface area contributed by atoms with Gasteiger partial charge in [0, 0.05) is 13.2 Å². The molecule has 0 aromatic heterocycles. The van der Waals surface area contributed by atoms with Gasteiger partial charge in [0.15, 0.2) is 0 Å². The van der Waals surface area contributed by atoms with Gasteiger partial charge in [0.25, 0.3) is 5.91 Å². The number of ether oxygens (including phenoxy) is 1. The number of nitrogens with one attached hydrogen (secondary N) is 2. The molecule has 0 saturated carbocycles. The third-order valence-electron chi connectivity index (χ3n) is 2.58. The molecule has 1 atom stereocenters. The molecule has 5 heteroatoms. The number of benzene rings is 1. The summed E-state index contributed by atoms with van der Waals surface area (Å²) in [5.74, 6) is 5.25. The Hall–Kier alpha value is -1.59. The Morgan fingerprint density at radius 3 is 2.83 bits per heavy atom. The average Bonchev–Trinajstić information content (AvgIpc) is 2.36. The summed E-state index contributed by atoms with van der Waals surface area (Å²) in [6, 6.07) is 5.47. The number of amides is 1. The van der Waals surface area contributed by atoms with Gasteiger partial charge in [-0.25, -0.2) is 0 Å². The first-order valence-electron chi connectivity index (χ1n) is 6.05. The molecule has 0 fully saturated rings. The normalized spacial score (nSPS) is 12.0. The SMILES string of the molecule is CCOC(C)CNC(=O)c1ccc(C)cc1NN. The Morgan fingerprint density at radius 2 is 2.22 bits per heavy atom. The van der Waals surface area contributed by atoms with Crippen molar-refractivity contribution in [3.05, 3.63) is 29.3 Å². The molecular weight excluding hydrogens is 230 g/mol. The maximum atomic E-state index is 12.0. The van der Waals surface area contributed by atoms with Crippen LogP contribution in [0.2, 0.25) is 0 Å². The van der Waals surface area contributed by atoms with Crippen molar-refractivity contribution in [3.8, 4) is 0 Å². The van der Waals surface area contributed by atoms with Crippen LogP contribution in [-0.4, -0.2) is 25.2 Å². The molecule has 0 aliphatic rings. The van der Waals surface area contributed by atoms with Crippen LogP contribution in [0.5, 0.6) is 0 Å². The maximum absolute atomic E-state index is 12.0. The van der Waals surface area contributed by atoms with E-state index in [1.807, 2.05) is 32.9 Å². The van der Waals surface area contributed by atoms with E-state index in [2.05, 4.69) is 10.7 Å². The first-order chi connectivity index (χ1) is 8.58. The predicted molar refractivity (Wildman–Crippen MR) is 72.4 cm³/mol. The van der Waals surface area contributed by atoms with Crippen molar-refractivity contribution in [1.82, 2.24) is 5.32 Å². The van der Waals surface area contributed by atoms with E-state index in [1.165, 1.54) is 0 Å². The lowest BCUT2D eigenvalue weighted by atomic mass is 10.1. The van der Waals surface area contributed by atoms with Crippen LogP contribution < -0.4 is 16.6 Å². The molecule has 0 heterocycles. The Morgan fingerprint density at radius 1 is 1.50 bits per heavy atom. The second-order valence-corrected chi connectivity index (χ2v) is 4.17. The molecule has 1 unspecified atom stereocenters. The Labute approximate surface area is 108 Å². The number of carbonyl (C=O) groups is 1. The van der Waals surface area contributed by atoms with Crippen molar-refractivity contribution in [3.63, 3.8) is 0 Å². The van der Waals surface area contributed by atoms with Gasteiger partial charge in [-0.3, -0.25) is 10.6 Å². The number of nitrogens with two attached hydrogens (primary N) is 1. The second-order valence-electron chi connectivity index (χ2n) is 4.17. The van der Waals surface area contributed by atoms with Crippen molar-refractivity contribution in [1.29, 1.82) is 0 Å². The van der Waals surface area contributed by atoms with Crippen molar-refractivity contribution >= 4 is 11.6 Å². The molecule has 1 aromatic rings. The lowest BCUT2D eigenvalue weighted by molar-refractivity contribution is 0.0695. The van der Waals surface area contributed by atoms with E-state index < -0.39 is 0 Å². The fourth-order valence-electron chi connectivity index (χ4n) is 1.65. The summed E-state index contributed by atoms with van der Waals surface area (Å²) in [5, 5.41) is 2.82. The largest absolute Gasteiger partial charge is 0.377 e. The summed E-state index contributed by atoms with van der Waals surface area (Å²) in [7, 11) is 0. The minimum atomic E-state index is -0.158. The van der Waals surface area contributed by atoms with Gasteiger partial charge in [0.1, 0.15) is 0 Å². The summed E-state index contributed by atoms with van der Waals surface area (Å²) in [6.45, 7) is 6.90. The molecule has 0 aliphatic carbocycles.